The minimum Gasteiger partial charge on any atom is -0.469 e. The number of nitrogens with zero attached hydrogens (tertiary/aromatic N) is 1. The molecule has 0 saturated heterocycles. The Balaban J connectivity index is 2.49. The molecule has 0 aromatic carbocycles. The molecule has 0 saturated carbocycles. The second kappa shape index (κ2) is 10.9. The van der Waals surface area contributed by atoms with Crippen molar-refractivity contribution in [3.05, 3.63) is 23.2 Å². The number of ether oxygens (including phenoxy) is 1. The van der Waals surface area contributed by atoms with Gasteiger partial charge >= 0.3 is 5.97 Å². The molecule has 0 spiro atoms. The largest absolute Gasteiger partial charge is 0.469 e. The van der Waals surface area contributed by atoms with Crippen LogP contribution in [0.1, 0.15) is 56.6 Å². The number of hydrogen-bond donors (Lipinski definition) is 3. The molecule has 0 fully saturated rings. The molecule has 0 aliphatic heterocycles. The van der Waals surface area contributed by atoms with Crippen molar-refractivity contribution >= 4 is 11.9 Å². The van der Waals surface area contributed by atoms with Crippen LogP contribution in [0.5, 0.6) is 0 Å². The number of aryl methyl sites for hydroxylation is 2. The smallest absolute Gasteiger partial charge is 0.305 e. The van der Waals surface area contributed by atoms with Gasteiger partial charge in [-0.25, -0.2) is 4.99 Å². The third kappa shape index (κ3) is 7.47. The summed E-state index contributed by atoms with van der Waals surface area (Å²) in [6.45, 7) is 9.16. The fourth-order valence-electron chi connectivity index (χ4n) is 2.71. The van der Waals surface area contributed by atoms with Crippen LogP contribution in [-0.4, -0.2) is 43.8 Å². The molecule has 1 heterocycles. The Kier molecular flexibility index (Phi) is 9.19. The van der Waals surface area contributed by atoms with E-state index < -0.39 is 5.60 Å². The van der Waals surface area contributed by atoms with Crippen LogP contribution in [0.4, 0.5) is 0 Å². The van der Waals surface area contributed by atoms with Crippen molar-refractivity contribution in [1.82, 2.24) is 10.6 Å². The number of carbonyl (C=O) groups excluding carboxylic acids is 1. The topological polar surface area (TPSA) is 96.1 Å². The van der Waals surface area contributed by atoms with Crippen LogP contribution in [0.15, 0.2) is 15.5 Å². The summed E-state index contributed by atoms with van der Waals surface area (Å²) in [5.41, 5.74) is -0.331. The number of hydrogen-bond acceptors (Lipinski definition) is 5. The first kappa shape index (κ1) is 22.0. The van der Waals surface area contributed by atoms with E-state index in [1.165, 1.54) is 7.11 Å². The summed E-state index contributed by atoms with van der Waals surface area (Å²) < 4.78 is 10.1. The molecule has 0 radical (unpaired) electrons. The average Bonchev–Trinajstić information content (AvgIpc) is 2.94. The maximum absolute atomic E-state index is 11.1. The Morgan fingerprint density at radius 3 is 2.62 bits per heavy atom. The highest BCUT2D eigenvalue weighted by molar-refractivity contribution is 5.79. The monoisotopic (exact) mass is 367 g/mol. The van der Waals surface area contributed by atoms with Gasteiger partial charge in [0.15, 0.2) is 5.96 Å². The first-order valence-corrected chi connectivity index (χ1v) is 9.19. The highest BCUT2D eigenvalue weighted by atomic mass is 16.5. The first-order chi connectivity index (χ1) is 12.3. The number of rotatable bonds is 10. The molecule has 0 aliphatic carbocycles. The molecular weight excluding hydrogens is 334 g/mol. The molecule has 148 valence electrons. The molecule has 0 amide bonds. The highest BCUT2D eigenvalue weighted by Gasteiger charge is 2.27. The van der Waals surface area contributed by atoms with Gasteiger partial charge in [-0.3, -0.25) is 4.79 Å². The lowest BCUT2D eigenvalue weighted by Gasteiger charge is -2.21. The zero-order chi connectivity index (χ0) is 19.6. The van der Waals surface area contributed by atoms with Crippen molar-refractivity contribution < 1.29 is 19.1 Å². The van der Waals surface area contributed by atoms with Crippen LogP contribution < -0.4 is 10.6 Å². The van der Waals surface area contributed by atoms with E-state index in [1.807, 2.05) is 26.8 Å². The van der Waals surface area contributed by atoms with Crippen molar-refractivity contribution in [3.8, 4) is 0 Å². The van der Waals surface area contributed by atoms with E-state index in [1.54, 1.807) is 6.92 Å². The molecule has 0 aliphatic rings. The Morgan fingerprint density at radius 1 is 1.31 bits per heavy atom. The maximum atomic E-state index is 11.1. The van der Waals surface area contributed by atoms with E-state index in [2.05, 4.69) is 20.4 Å². The summed E-state index contributed by atoms with van der Waals surface area (Å²) in [4.78, 5) is 15.6. The van der Waals surface area contributed by atoms with E-state index in [9.17, 15) is 9.90 Å². The second-order valence-corrected chi connectivity index (χ2v) is 6.61. The molecule has 1 unspecified atom stereocenters. The van der Waals surface area contributed by atoms with E-state index in [0.717, 1.165) is 43.7 Å². The van der Waals surface area contributed by atoms with Gasteiger partial charge in [0, 0.05) is 25.1 Å². The molecule has 7 nitrogen and oxygen atoms in total. The number of nitrogens with one attached hydrogen (secondary N) is 2. The van der Waals surface area contributed by atoms with Gasteiger partial charge in [0.1, 0.15) is 17.1 Å². The number of aliphatic hydroxyl groups is 1. The molecule has 1 aromatic rings. The van der Waals surface area contributed by atoms with Crippen molar-refractivity contribution in [2.75, 3.05) is 26.7 Å². The molecular formula is C19H33N3O4. The van der Waals surface area contributed by atoms with Gasteiger partial charge in [0.2, 0.25) is 0 Å². The Bertz CT molecular complexity index is 594. The van der Waals surface area contributed by atoms with Crippen LogP contribution in [-0.2, 0) is 15.1 Å². The van der Waals surface area contributed by atoms with Crippen LogP contribution >= 0.6 is 0 Å². The van der Waals surface area contributed by atoms with Gasteiger partial charge < -0.3 is 24.9 Å². The summed E-state index contributed by atoms with van der Waals surface area (Å²) in [5.74, 6) is 1.99. The van der Waals surface area contributed by atoms with Crippen LogP contribution in [0.25, 0.3) is 0 Å². The SMILES string of the molecule is CCNC(=NCC(C)(O)c1cc(C)oc1C)NCCCCCC(=O)OC. The van der Waals surface area contributed by atoms with Crippen molar-refractivity contribution in [2.45, 2.75) is 59.0 Å². The van der Waals surface area contributed by atoms with E-state index in [4.69, 9.17) is 4.42 Å². The predicted molar refractivity (Wildman–Crippen MR) is 102 cm³/mol. The molecule has 3 N–H and O–H groups in total. The van der Waals surface area contributed by atoms with E-state index in [-0.39, 0.29) is 12.5 Å². The van der Waals surface area contributed by atoms with Gasteiger partial charge in [-0.05, 0) is 46.6 Å². The summed E-state index contributed by atoms with van der Waals surface area (Å²) in [7, 11) is 1.41. The number of esters is 1. The molecule has 7 heteroatoms. The minimum atomic E-state index is -1.09. The first-order valence-electron chi connectivity index (χ1n) is 9.19. The zero-order valence-electron chi connectivity index (χ0n) is 16.6. The minimum absolute atomic E-state index is 0.167. The number of methoxy groups -OCH3 is 1. The third-order valence-corrected chi connectivity index (χ3v) is 4.09. The summed E-state index contributed by atoms with van der Waals surface area (Å²) in [6.07, 6.45) is 3.14. The lowest BCUT2D eigenvalue weighted by Crippen LogP contribution is -2.39. The van der Waals surface area contributed by atoms with Crippen LogP contribution in [0, 0.1) is 13.8 Å². The number of aliphatic imine (C=N–C) groups is 1. The van der Waals surface area contributed by atoms with E-state index in [0.29, 0.717) is 18.1 Å². The summed E-state index contributed by atoms with van der Waals surface area (Å²) >= 11 is 0. The van der Waals surface area contributed by atoms with Gasteiger partial charge in [-0.1, -0.05) is 6.42 Å². The fraction of sp³-hybridized carbons (Fsp3) is 0.684. The zero-order valence-corrected chi connectivity index (χ0v) is 16.6. The quantitative estimate of drug-likeness (QED) is 0.254. The number of unbranched alkanes of at least 4 members (excludes halogenated alkanes) is 2. The molecule has 1 rings (SSSR count). The predicted octanol–water partition coefficient (Wildman–Crippen LogP) is 2.39. The number of furan rings is 1. The molecule has 1 aromatic heterocycles. The standard InChI is InChI=1S/C19H33N3O4/c1-6-20-18(21-11-9-7-8-10-17(23)25-5)22-13-19(4,24)16-12-14(2)26-15(16)3/h12,24H,6-11,13H2,1-5H3,(H2,20,21,22). The highest BCUT2D eigenvalue weighted by Crippen LogP contribution is 2.27. The van der Waals surface area contributed by atoms with E-state index >= 15 is 0 Å². The Labute approximate surface area is 156 Å². The fourth-order valence-corrected chi connectivity index (χ4v) is 2.71. The maximum Gasteiger partial charge on any atom is 0.305 e. The second-order valence-electron chi connectivity index (χ2n) is 6.61. The summed E-state index contributed by atoms with van der Waals surface area (Å²) in [6, 6.07) is 1.85. The Hall–Kier alpha value is -2.02. The normalized spacial score (nSPS) is 14.0. The molecule has 0 bridgehead atoms. The molecule has 1 atom stereocenters. The van der Waals surface area contributed by atoms with Gasteiger partial charge in [-0.2, -0.15) is 0 Å². The van der Waals surface area contributed by atoms with Crippen LogP contribution in [0.3, 0.4) is 0 Å². The number of guanidine groups is 1. The van der Waals surface area contributed by atoms with Crippen molar-refractivity contribution in [1.29, 1.82) is 0 Å². The van der Waals surface area contributed by atoms with Gasteiger partial charge in [0.05, 0.1) is 13.7 Å². The van der Waals surface area contributed by atoms with Gasteiger partial charge in [-0.15, -0.1) is 0 Å². The van der Waals surface area contributed by atoms with Crippen molar-refractivity contribution in [2.24, 2.45) is 4.99 Å². The van der Waals surface area contributed by atoms with Crippen LogP contribution in [0.2, 0.25) is 0 Å². The Morgan fingerprint density at radius 2 is 2.04 bits per heavy atom. The van der Waals surface area contributed by atoms with Gasteiger partial charge in [0.25, 0.3) is 0 Å². The third-order valence-electron chi connectivity index (χ3n) is 4.09. The summed E-state index contributed by atoms with van der Waals surface area (Å²) in [5, 5.41) is 17.2. The lowest BCUT2D eigenvalue weighted by molar-refractivity contribution is -0.140. The molecule has 26 heavy (non-hydrogen) atoms. The number of carbonyl (C=O) groups is 1. The lowest BCUT2D eigenvalue weighted by atomic mass is 9.96. The van der Waals surface area contributed by atoms with Crippen molar-refractivity contribution in [3.63, 3.8) is 0 Å². The average molecular weight is 367 g/mol.